The van der Waals surface area contributed by atoms with Gasteiger partial charge in [0.25, 0.3) is 0 Å². The second-order valence-electron chi connectivity index (χ2n) is 6.48. The van der Waals surface area contributed by atoms with Crippen LogP contribution in [0, 0.1) is 6.92 Å². The van der Waals surface area contributed by atoms with E-state index in [-0.39, 0.29) is 24.0 Å². The average molecular weight is 532 g/mol. The summed E-state index contributed by atoms with van der Waals surface area (Å²) in [5.41, 5.74) is 2.29. The fraction of sp³-hybridized carbons (Fsp3) is 0.524. The predicted octanol–water partition coefficient (Wildman–Crippen LogP) is 3.95. The molecule has 2 rings (SSSR count). The van der Waals surface area contributed by atoms with Crippen LogP contribution in [0.3, 0.4) is 0 Å². The first kappa shape index (κ1) is 25.6. The van der Waals surface area contributed by atoms with E-state index in [0.29, 0.717) is 19.8 Å². The molecule has 0 aliphatic carbocycles. The van der Waals surface area contributed by atoms with Crippen LogP contribution in [0.2, 0.25) is 0 Å². The number of ether oxygens (including phenoxy) is 2. The van der Waals surface area contributed by atoms with Crippen molar-refractivity contribution in [2.24, 2.45) is 4.99 Å². The molecule has 0 aliphatic rings. The third-order valence-corrected chi connectivity index (χ3v) is 5.43. The molecule has 6 nitrogen and oxygen atoms in total. The third kappa shape index (κ3) is 9.31. The van der Waals surface area contributed by atoms with Crippen molar-refractivity contribution < 1.29 is 9.47 Å². The van der Waals surface area contributed by atoms with E-state index in [1.54, 1.807) is 25.5 Å². The van der Waals surface area contributed by atoms with E-state index < -0.39 is 0 Å². The summed E-state index contributed by atoms with van der Waals surface area (Å²) in [4.78, 5) is 10.1. The minimum absolute atomic E-state index is 0. The molecule has 0 unspecified atom stereocenters. The Balaban J connectivity index is 0.00000420. The number of thiazole rings is 1. The molecule has 0 amide bonds. The van der Waals surface area contributed by atoms with Gasteiger partial charge in [0.05, 0.1) is 11.6 Å². The first-order valence-corrected chi connectivity index (χ1v) is 10.6. The Morgan fingerprint density at radius 3 is 2.76 bits per heavy atom. The van der Waals surface area contributed by atoms with E-state index in [1.807, 2.05) is 6.20 Å². The maximum atomic E-state index is 5.95. The molecule has 0 saturated carbocycles. The van der Waals surface area contributed by atoms with Crippen LogP contribution in [0.15, 0.2) is 29.4 Å². The Bertz CT molecular complexity index is 752. The number of aliphatic imine (C=N–C) groups is 1. The van der Waals surface area contributed by atoms with E-state index >= 15 is 0 Å². The fourth-order valence-corrected chi connectivity index (χ4v) is 3.50. The van der Waals surface area contributed by atoms with Crippen molar-refractivity contribution in [1.29, 1.82) is 0 Å². The number of aryl methyl sites for hydroxylation is 2. The molecule has 0 saturated heterocycles. The van der Waals surface area contributed by atoms with Crippen molar-refractivity contribution in [3.8, 4) is 5.75 Å². The van der Waals surface area contributed by atoms with Gasteiger partial charge in [-0.2, -0.15) is 0 Å². The maximum absolute atomic E-state index is 5.95. The van der Waals surface area contributed by atoms with Gasteiger partial charge in [-0.3, -0.25) is 4.99 Å². The Hall–Kier alpha value is -1.39. The molecule has 2 aromatic rings. The van der Waals surface area contributed by atoms with Gasteiger partial charge in [-0.25, -0.2) is 4.98 Å². The molecule has 0 atom stereocenters. The second-order valence-corrected chi connectivity index (χ2v) is 7.68. The molecule has 1 aromatic carbocycles. The average Bonchev–Trinajstić information content (AvgIpc) is 3.17. The number of hydrogen-bond acceptors (Lipinski definition) is 5. The van der Waals surface area contributed by atoms with Gasteiger partial charge in [-0.05, 0) is 25.0 Å². The van der Waals surface area contributed by atoms with Crippen molar-refractivity contribution in [3.63, 3.8) is 0 Å². The molecular weight excluding hydrogens is 499 g/mol. The molecule has 0 aliphatic heterocycles. The summed E-state index contributed by atoms with van der Waals surface area (Å²) in [5.74, 6) is 1.69. The Kier molecular flexibility index (Phi) is 12.9. The lowest BCUT2D eigenvalue weighted by Gasteiger charge is -2.15. The number of guanidine groups is 1. The zero-order chi connectivity index (χ0) is 20.2. The van der Waals surface area contributed by atoms with E-state index in [1.165, 1.54) is 10.4 Å². The van der Waals surface area contributed by atoms with E-state index in [9.17, 15) is 0 Å². The van der Waals surface area contributed by atoms with Crippen molar-refractivity contribution in [1.82, 2.24) is 15.6 Å². The highest BCUT2D eigenvalue weighted by molar-refractivity contribution is 14.0. The molecule has 29 heavy (non-hydrogen) atoms. The van der Waals surface area contributed by atoms with Gasteiger partial charge >= 0.3 is 0 Å². The molecular formula is C21H33IN4O2S. The smallest absolute Gasteiger partial charge is 0.191 e. The zero-order valence-electron chi connectivity index (χ0n) is 17.8. The number of rotatable bonds is 11. The molecule has 0 fully saturated rings. The second kappa shape index (κ2) is 14.6. The van der Waals surface area contributed by atoms with Gasteiger partial charge in [0.1, 0.15) is 5.75 Å². The monoisotopic (exact) mass is 532 g/mol. The Morgan fingerprint density at radius 2 is 2.07 bits per heavy atom. The summed E-state index contributed by atoms with van der Waals surface area (Å²) in [5, 5.41) is 7.88. The summed E-state index contributed by atoms with van der Waals surface area (Å²) >= 11 is 1.78. The van der Waals surface area contributed by atoms with Crippen molar-refractivity contribution in [2.45, 2.75) is 39.7 Å². The summed E-state index contributed by atoms with van der Waals surface area (Å²) in [6, 6.07) is 6.28. The maximum Gasteiger partial charge on any atom is 0.191 e. The fourth-order valence-electron chi connectivity index (χ4n) is 2.64. The van der Waals surface area contributed by atoms with Crippen LogP contribution in [-0.4, -0.2) is 44.9 Å². The van der Waals surface area contributed by atoms with Gasteiger partial charge in [0, 0.05) is 63.3 Å². The van der Waals surface area contributed by atoms with Crippen LogP contribution >= 0.6 is 35.3 Å². The number of methoxy groups -OCH3 is 1. The molecule has 0 radical (unpaired) electrons. The van der Waals surface area contributed by atoms with Gasteiger partial charge in [0.2, 0.25) is 0 Å². The van der Waals surface area contributed by atoms with Crippen LogP contribution in [-0.2, 0) is 24.1 Å². The highest BCUT2D eigenvalue weighted by Gasteiger charge is 2.07. The highest BCUT2D eigenvalue weighted by atomic mass is 127. The van der Waals surface area contributed by atoms with E-state index in [4.69, 9.17) is 9.47 Å². The van der Waals surface area contributed by atoms with Crippen LogP contribution in [0.1, 0.15) is 34.4 Å². The van der Waals surface area contributed by atoms with Crippen molar-refractivity contribution in [2.75, 3.05) is 33.9 Å². The number of hydrogen-bond donors (Lipinski definition) is 2. The lowest BCUT2D eigenvalue weighted by atomic mass is 10.1. The lowest BCUT2D eigenvalue weighted by Crippen LogP contribution is -2.37. The van der Waals surface area contributed by atoms with E-state index in [2.05, 4.69) is 52.7 Å². The van der Waals surface area contributed by atoms with E-state index in [0.717, 1.165) is 48.1 Å². The van der Waals surface area contributed by atoms with Crippen LogP contribution in [0.4, 0.5) is 0 Å². The quantitative estimate of drug-likeness (QED) is 0.199. The minimum Gasteiger partial charge on any atom is -0.493 e. The van der Waals surface area contributed by atoms with Gasteiger partial charge in [0.15, 0.2) is 5.96 Å². The normalized spacial score (nSPS) is 11.1. The zero-order valence-corrected chi connectivity index (χ0v) is 20.9. The van der Waals surface area contributed by atoms with Gasteiger partial charge < -0.3 is 20.1 Å². The highest BCUT2D eigenvalue weighted by Crippen LogP contribution is 2.20. The molecule has 0 bridgehead atoms. The molecule has 1 heterocycles. The van der Waals surface area contributed by atoms with Crippen molar-refractivity contribution >= 4 is 41.3 Å². The first-order chi connectivity index (χ1) is 13.7. The Morgan fingerprint density at radius 1 is 1.24 bits per heavy atom. The summed E-state index contributed by atoms with van der Waals surface area (Å²) < 4.78 is 11.0. The molecule has 0 spiro atoms. The van der Waals surface area contributed by atoms with Gasteiger partial charge in [-0.15, -0.1) is 35.3 Å². The molecule has 8 heteroatoms. The standard InChI is InChI=1S/C21H32N4O2S.HI/c1-5-18-15-24-20(28-18)9-10-23-21(22-3)25-14-17-8-7-16(2)13-19(17)27-12-6-11-26-4;/h7-8,13,15H,5-6,9-12,14H2,1-4H3,(H2,22,23,25);1H. The number of nitrogens with one attached hydrogen (secondary N) is 2. The van der Waals surface area contributed by atoms with Crippen LogP contribution < -0.4 is 15.4 Å². The predicted molar refractivity (Wildman–Crippen MR) is 132 cm³/mol. The largest absolute Gasteiger partial charge is 0.493 e. The minimum atomic E-state index is 0. The molecule has 1 aromatic heterocycles. The van der Waals surface area contributed by atoms with Crippen LogP contribution in [0.25, 0.3) is 0 Å². The SMILES string of the molecule is CCc1cnc(CCNC(=NC)NCc2ccc(C)cc2OCCCOC)s1.I. The topological polar surface area (TPSA) is 67.8 Å². The summed E-state index contributed by atoms with van der Waals surface area (Å²) in [6.45, 7) is 7.02. The lowest BCUT2D eigenvalue weighted by molar-refractivity contribution is 0.172. The van der Waals surface area contributed by atoms with Crippen molar-refractivity contribution in [3.05, 3.63) is 45.4 Å². The number of halogens is 1. The Labute approximate surface area is 195 Å². The van der Waals surface area contributed by atoms with Crippen LogP contribution in [0.5, 0.6) is 5.75 Å². The summed E-state index contributed by atoms with van der Waals surface area (Å²) in [7, 11) is 3.49. The number of nitrogens with zero attached hydrogens (tertiary/aromatic N) is 2. The summed E-state index contributed by atoms with van der Waals surface area (Å²) in [6.07, 6.45) is 4.78. The molecule has 162 valence electrons. The molecule has 2 N–H and O–H groups in total. The number of aromatic nitrogens is 1. The van der Waals surface area contributed by atoms with Gasteiger partial charge in [-0.1, -0.05) is 19.1 Å². The number of benzene rings is 1. The first-order valence-electron chi connectivity index (χ1n) is 9.75. The third-order valence-electron chi connectivity index (χ3n) is 4.22.